The van der Waals surface area contributed by atoms with Gasteiger partial charge in [-0.1, -0.05) is 12.8 Å². The molecule has 0 aromatic rings. The van der Waals surface area contributed by atoms with Gasteiger partial charge >= 0.3 is 0 Å². The summed E-state index contributed by atoms with van der Waals surface area (Å²) in [7, 11) is 0. The molecular formula is C23H44N4O2. The highest BCUT2D eigenvalue weighted by Crippen LogP contribution is 2.30. The van der Waals surface area contributed by atoms with Gasteiger partial charge in [-0.2, -0.15) is 0 Å². The quantitative estimate of drug-likeness (QED) is 0.486. The van der Waals surface area contributed by atoms with Crippen LogP contribution in [0.1, 0.15) is 83.5 Å². The van der Waals surface area contributed by atoms with E-state index in [0.717, 1.165) is 115 Å². The van der Waals surface area contributed by atoms with Crippen LogP contribution in [0.25, 0.3) is 0 Å². The Hall–Kier alpha value is -1.14. The van der Waals surface area contributed by atoms with Crippen LogP contribution in [0.15, 0.2) is 0 Å². The summed E-state index contributed by atoms with van der Waals surface area (Å²) in [5.41, 5.74) is 11.0. The summed E-state index contributed by atoms with van der Waals surface area (Å²) in [6.45, 7) is 5.17. The fraction of sp³-hybridized carbons (Fsp3) is 0.913. The average molecular weight is 409 g/mol. The molecule has 4 N–H and O–H groups in total. The number of nitrogens with zero attached hydrogens (tertiary/aromatic N) is 2. The average Bonchev–Trinajstić information content (AvgIpc) is 2.75. The summed E-state index contributed by atoms with van der Waals surface area (Å²) in [6.07, 6.45) is 13.3. The Balaban J connectivity index is 1.57. The van der Waals surface area contributed by atoms with E-state index in [1.807, 2.05) is 0 Å². The van der Waals surface area contributed by atoms with Crippen LogP contribution in [0.2, 0.25) is 0 Å². The fourth-order valence-corrected chi connectivity index (χ4v) is 4.82. The molecule has 2 amide bonds. The number of hydrogen-bond donors (Lipinski definition) is 2. The smallest absolute Gasteiger partial charge is 0.222 e. The molecule has 0 bridgehead atoms. The molecule has 6 heteroatoms. The highest BCUT2D eigenvalue weighted by atomic mass is 16.2. The minimum Gasteiger partial charge on any atom is -0.343 e. The van der Waals surface area contributed by atoms with E-state index in [1.54, 1.807) is 0 Å². The van der Waals surface area contributed by atoms with Gasteiger partial charge in [0.25, 0.3) is 0 Å². The van der Waals surface area contributed by atoms with Crippen LogP contribution in [-0.2, 0) is 9.59 Å². The molecule has 0 saturated carbocycles. The Morgan fingerprint density at radius 1 is 0.621 bits per heavy atom. The zero-order chi connectivity index (χ0) is 20.9. The number of likely N-dealkylation sites (tertiary alicyclic amines) is 2. The Kier molecular flexibility index (Phi) is 11.6. The molecule has 6 nitrogen and oxygen atoms in total. The largest absolute Gasteiger partial charge is 0.343 e. The molecule has 2 fully saturated rings. The summed E-state index contributed by atoms with van der Waals surface area (Å²) in [5.74, 6) is 2.16. The number of hydrogen-bond acceptors (Lipinski definition) is 4. The molecule has 0 spiro atoms. The van der Waals surface area contributed by atoms with E-state index in [2.05, 4.69) is 9.80 Å². The predicted octanol–water partition coefficient (Wildman–Crippen LogP) is 2.89. The second kappa shape index (κ2) is 14.0. The van der Waals surface area contributed by atoms with Crippen molar-refractivity contribution < 1.29 is 9.59 Å². The number of piperidine rings is 2. The Bertz CT molecular complexity index is 427. The Labute approximate surface area is 177 Å². The van der Waals surface area contributed by atoms with Crippen molar-refractivity contribution in [3.8, 4) is 0 Å². The molecule has 2 heterocycles. The van der Waals surface area contributed by atoms with Crippen LogP contribution in [0, 0.1) is 11.8 Å². The molecule has 0 atom stereocenters. The van der Waals surface area contributed by atoms with Gasteiger partial charge in [0.1, 0.15) is 0 Å². The van der Waals surface area contributed by atoms with E-state index in [4.69, 9.17) is 11.5 Å². The zero-order valence-corrected chi connectivity index (χ0v) is 18.5. The molecule has 0 aliphatic carbocycles. The van der Waals surface area contributed by atoms with Crippen LogP contribution >= 0.6 is 0 Å². The van der Waals surface area contributed by atoms with E-state index in [0.29, 0.717) is 24.7 Å². The highest BCUT2D eigenvalue weighted by molar-refractivity contribution is 5.76. The Morgan fingerprint density at radius 2 is 1.00 bits per heavy atom. The molecule has 0 radical (unpaired) electrons. The first-order valence-corrected chi connectivity index (χ1v) is 12.1. The first kappa shape index (κ1) is 24.1. The number of nitrogens with two attached hydrogens (primary N) is 2. The van der Waals surface area contributed by atoms with Gasteiger partial charge in [0.05, 0.1) is 0 Å². The van der Waals surface area contributed by atoms with Gasteiger partial charge in [-0.25, -0.2) is 0 Å². The molecular weight excluding hydrogens is 364 g/mol. The first-order valence-electron chi connectivity index (χ1n) is 12.1. The van der Waals surface area contributed by atoms with E-state index < -0.39 is 0 Å². The maximum Gasteiger partial charge on any atom is 0.222 e. The monoisotopic (exact) mass is 408 g/mol. The molecule has 168 valence electrons. The van der Waals surface area contributed by atoms with E-state index in [9.17, 15) is 9.59 Å². The van der Waals surface area contributed by atoms with Gasteiger partial charge in [-0.3, -0.25) is 9.59 Å². The van der Waals surface area contributed by atoms with Gasteiger partial charge in [-0.15, -0.1) is 0 Å². The second-order valence-electron chi connectivity index (χ2n) is 9.08. The molecule has 2 aliphatic rings. The summed E-state index contributed by atoms with van der Waals surface area (Å²) in [6, 6.07) is 0. The molecule has 2 aliphatic heterocycles. The maximum absolute atomic E-state index is 12.3. The van der Waals surface area contributed by atoms with Crippen molar-refractivity contribution in [3.63, 3.8) is 0 Å². The third kappa shape index (κ3) is 9.04. The maximum atomic E-state index is 12.3. The van der Waals surface area contributed by atoms with Gasteiger partial charge in [0.15, 0.2) is 0 Å². The van der Waals surface area contributed by atoms with Crippen molar-refractivity contribution in [2.24, 2.45) is 23.3 Å². The summed E-state index contributed by atoms with van der Waals surface area (Å²) in [5, 5.41) is 0. The molecule has 2 saturated heterocycles. The Morgan fingerprint density at radius 3 is 1.34 bits per heavy atom. The van der Waals surface area contributed by atoms with Crippen molar-refractivity contribution in [3.05, 3.63) is 0 Å². The van der Waals surface area contributed by atoms with Crippen LogP contribution in [0.4, 0.5) is 0 Å². The lowest BCUT2D eigenvalue weighted by atomic mass is 9.82. The third-order valence-corrected chi connectivity index (χ3v) is 6.79. The number of rotatable bonds is 12. The van der Waals surface area contributed by atoms with E-state index >= 15 is 0 Å². The summed E-state index contributed by atoms with van der Waals surface area (Å²) < 4.78 is 0. The fourth-order valence-electron chi connectivity index (χ4n) is 4.82. The van der Waals surface area contributed by atoms with Gasteiger partial charge in [-0.05, 0) is 82.7 Å². The standard InChI is InChI=1S/C23H44N4O2/c24-13-5-1-3-7-22(28)26-15-9-20(10-16-26)19-21-11-17-27(18-12-21)23(29)8-4-2-6-14-25/h20-21H,1-19,24-25H2. The lowest BCUT2D eigenvalue weighted by molar-refractivity contribution is -0.133. The van der Waals surface area contributed by atoms with Crippen molar-refractivity contribution in [2.75, 3.05) is 39.3 Å². The molecule has 0 unspecified atom stereocenters. The lowest BCUT2D eigenvalue weighted by Crippen LogP contribution is -2.41. The van der Waals surface area contributed by atoms with Crippen LogP contribution in [0.5, 0.6) is 0 Å². The number of unbranched alkanes of at least 4 members (excludes halogenated alkanes) is 4. The van der Waals surface area contributed by atoms with Crippen LogP contribution in [0.3, 0.4) is 0 Å². The van der Waals surface area contributed by atoms with Gasteiger partial charge < -0.3 is 21.3 Å². The first-order chi connectivity index (χ1) is 14.1. The molecule has 2 rings (SSSR count). The van der Waals surface area contributed by atoms with E-state index in [1.165, 1.54) is 6.42 Å². The lowest BCUT2D eigenvalue weighted by Gasteiger charge is -2.37. The van der Waals surface area contributed by atoms with Crippen molar-refractivity contribution in [1.82, 2.24) is 9.80 Å². The predicted molar refractivity (Wildman–Crippen MR) is 118 cm³/mol. The number of carbonyl (C=O) groups is 2. The SMILES string of the molecule is NCCCCCC(=O)N1CCC(CC2CCN(C(=O)CCCCCN)CC2)CC1. The van der Waals surface area contributed by atoms with Crippen molar-refractivity contribution >= 4 is 11.8 Å². The second-order valence-corrected chi connectivity index (χ2v) is 9.08. The van der Waals surface area contributed by atoms with Crippen molar-refractivity contribution in [1.29, 1.82) is 0 Å². The van der Waals surface area contributed by atoms with Gasteiger partial charge in [0.2, 0.25) is 11.8 Å². The minimum absolute atomic E-state index is 0.332. The molecule has 29 heavy (non-hydrogen) atoms. The summed E-state index contributed by atoms with van der Waals surface area (Å²) in [4.78, 5) is 28.8. The molecule has 0 aromatic heterocycles. The van der Waals surface area contributed by atoms with E-state index in [-0.39, 0.29) is 0 Å². The third-order valence-electron chi connectivity index (χ3n) is 6.79. The van der Waals surface area contributed by atoms with Crippen molar-refractivity contribution in [2.45, 2.75) is 83.5 Å². The zero-order valence-electron chi connectivity index (χ0n) is 18.5. The number of amides is 2. The molecule has 0 aromatic carbocycles. The van der Waals surface area contributed by atoms with Crippen LogP contribution in [-0.4, -0.2) is 60.9 Å². The van der Waals surface area contributed by atoms with Crippen LogP contribution < -0.4 is 11.5 Å². The summed E-state index contributed by atoms with van der Waals surface area (Å²) >= 11 is 0. The van der Waals surface area contributed by atoms with Gasteiger partial charge in [0, 0.05) is 39.0 Å². The topological polar surface area (TPSA) is 92.7 Å². The minimum atomic E-state index is 0.332. The number of carbonyl (C=O) groups excluding carboxylic acids is 2. The normalized spacial score (nSPS) is 19.0. The highest BCUT2D eigenvalue weighted by Gasteiger charge is 2.27.